The van der Waals surface area contributed by atoms with Crippen LogP contribution in [-0.2, 0) is 19.3 Å². The van der Waals surface area contributed by atoms with Gasteiger partial charge in [0.25, 0.3) is 0 Å². The summed E-state index contributed by atoms with van der Waals surface area (Å²) in [6.45, 7) is 2.18. The first-order chi connectivity index (χ1) is 14.0. The molecule has 1 aromatic carbocycles. The molecule has 2 aromatic rings. The van der Waals surface area contributed by atoms with Crippen molar-refractivity contribution in [2.45, 2.75) is 69.8 Å². The van der Waals surface area contributed by atoms with Crippen LogP contribution >= 0.6 is 22.9 Å². The van der Waals surface area contributed by atoms with E-state index in [4.69, 9.17) is 16.7 Å². The molecule has 1 heterocycles. The normalized spacial score (nSPS) is 24.1. The molecule has 1 aliphatic carbocycles. The van der Waals surface area contributed by atoms with Crippen LogP contribution in [0.3, 0.4) is 0 Å². The molecule has 0 radical (unpaired) electrons. The molecule has 0 bridgehead atoms. The summed E-state index contributed by atoms with van der Waals surface area (Å²) in [5.41, 5.74) is 2.75. The van der Waals surface area contributed by atoms with Crippen molar-refractivity contribution in [2.24, 2.45) is 11.8 Å². The molecule has 0 amide bonds. The summed E-state index contributed by atoms with van der Waals surface area (Å²) in [6, 6.07) is 12.4. The molecule has 1 aliphatic rings. The fourth-order valence-corrected chi connectivity index (χ4v) is 6.01. The molecule has 0 saturated heterocycles. The lowest BCUT2D eigenvalue weighted by Crippen LogP contribution is -2.21. The summed E-state index contributed by atoms with van der Waals surface area (Å²) in [7, 11) is 0. The average molecular weight is 435 g/mol. The number of halogens is 1. The molecule has 1 saturated carbocycles. The number of rotatable bonds is 10. The first kappa shape index (κ1) is 22.3. The van der Waals surface area contributed by atoms with Crippen molar-refractivity contribution in [3.05, 3.63) is 57.3 Å². The van der Waals surface area contributed by atoms with E-state index in [9.17, 15) is 9.90 Å². The van der Waals surface area contributed by atoms with Gasteiger partial charge in [0.15, 0.2) is 0 Å². The zero-order valence-electron chi connectivity index (χ0n) is 17.0. The Kier molecular flexibility index (Phi) is 8.16. The maximum absolute atomic E-state index is 11.0. The van der Waals surface area contributed by atoms with Gasteiger partial charge in [0.2, 0.25) is 0 Å². The van der Waals surface area contributed by atoms with Gasteiger partial charge in [-0.05, 0) is 86.5 Å². The first-order valence-electron chi connectivity index (χ1n) is 10.7. The number of thiophene rings is 1. The largest absolute Gasteiger partial charge is 0.477 e. The average Bonchev–Trinajstić information content (AvgIpc) is 3.28. The molecule has 5 heteroatoms. The van der Waals surface area contributed by atoms with E-state index in [0.29, 0.717) is 17.2 Å². The Morgan fingerprint density at radius 1 is 1.10 bits per heavy atom. The molecule has 0 spiro atoms. The lowest BCUT2D eigenvalue weighted by Gasteiger charge is -2.23. The smallest absolute Gasteiger partial charge is 0.345 e. The van der Waals surface area contributed by atoms with E-state index in [1.54, 1.807) is 6.07 Å². The topological polar surface area (TPSA) is 57.5 Å². The Hall–Kier alpha value is -1.36. The minimum atomic E-state index is -0.856. The highest BCUT2D eigenvalue weighted by molar-refractivity contribution is 7.13. The molecule has 1 fully saturated rings. The quantitative estimate of drug-likeness (QED) is 0.453. The Morgan fingerprint density at radius 2 is 1.83 bits per heavy atom. The summed E-state index contributed by atoms with van der Waals surface area (Å²) in [5.74, 6) is -0.247. The molecule has 29 heavy (non-hydrogen) atoms. The standard InChI is InChI=1S/C24H31ClO3S/c1-2-16-6-3-7-17(14-16)8-4-11-20-19(21(25)15-22(20)26)10-5-9-18-12-13-23(29-18)24(27)28/h3,6-7,12-14,19-22,26H,2,4-5,8-11,15H2,1H3,(H,27,28)/t19-,20-,21+,22-/m1/s1. The molecule has 158 valence electrons. The second-order valence-electron chi connectivity index (χ2n) is 8.18. The monoisotopic (exact) mass is 434 g/mol. The molecule has 3 rings (SSSR count). The molecular formula is C24H31ClO3S. The summed E-state index contributed by atoms with van der Waals surface area (Å²) < 4.78 is 0. The maximum Gasteiger partial charge on any atom is 0.345 e. The number of aromatic carboxylic acids is 1. The van der Waals surface area contributed by atoms with E-state index >= 15 is 0 Å². The third kappa shape index (κ3) is 6.07. The molecule has 0 aliphatic heterocycles. The molecule has 3 nitrogen and oxygen atoms in total. The van der Waals surface area contributed by atoms with E-state index in [1.165, 1.54) is 22.5 Å². The lowest BCUT2D eigenvalue weighted by molar-refractivity contribution is 0.0702. The van der Waals surface area contributed by atoms with Crippen molar-refractivity contribution >= 4 is 28.9 Å². The Morgan fingerprint density at radius 3 is 2.55 bits per heavy atom. The highest BCUT2D eigenvalue weighted by atomic mass is 35.5. The van der Waals surface area contributed by atoms with Gasteiger partial charge in [-0.2, -0.15) is 0 Å². The van der Waals surface area contributed by atoms with Gasteiger partial charge in [0.05, 0.1) is 6.10 Å². The van der Waals surface area contributed by atoms with Crippen molar-refractivity contribution in [1.82, 2.24) is 0 Å². The van der Waals surface area contributed by atoms with E-state index in [2.05, 4.69) is 31.2 Å². The van der Waals surface area contributed by atoms with Gasteiger partial charge in [-0.15, -0.1) is 22.9 Å². The number of hydrogen-bond donors (Lipinski definition) is 2. The SMILES string of the molecule is CCc1cccc(CCC[C@@H]2[C@@H](CCCc3ccc(C(=O)O)s3)[C@@H](Cl)C[C@H]2O)c1. The second-order valence-corrected chi connectivity index (χ2v) is 9.90. The fraction of sp³-hybridized carbons (Fsp3) is 0.542. The van der Waals surface area contributed by atoms with Crippen LogP contribution in [0.2, 0.25) is 0 Å². The third-order valence-electron chi connectivity index (χ3n) is 6.21. The summed E-state index contributed by atoms with van der Waals surface area (Å²) in [5, 5.41) is 19.6. The molecule has 4 atom stereocenters. The van der Waals surface area contributed by atoms with Crippen LogP contribution in [-0.4, -0.2) is 27.7 Å². The van der Waals surface area contributed by atoms with Crippen LogP contribution in [0.1, 0.15) is 64.7 Å². The van der Waals surface area contributed by atoms with E-state index in [-0.39, 0.29) is 17.4 Å². The van der Waals surface area contributed by atoms with Crippen molar-refractivity contribution in [3.8, 4) is 0 Å². The zero-order chi connectivity index (χ0) is 20.8. The Bertz CT molecular complexity index is 803. The van der Waals surface area contributed by atoms with Crippen LogP contribution in [0.5, 0.6) is 0 Å². The molecule has 0 unspecified atom stereocenters. The van der Waals surface area contributed by atoms with E-state index in [1.807, 2.05) is 6.07 Å². The number of carbonyl (C=O) groups is 1. The van der Waals surface area contributed by atoms with Crippen molar-refractivity contribution < 1.29 is 15.0 Å². The molecular weight excluding hydrogens is 404 g/mol. The highest BCUT2D eigenvalue weighted by Crippen LogP contribution is 2.42. The minimum Gasteiger partial charge on any atom is -0.477 e. The van der Waals surface area contributed by atoms with Crippen LogP contribution in [0.4, 0.5) is 0 Å². The van der Waals surface area contributed by atoms with E-state index in [0.717, 1.165) is 49.8 Å². The first-order valence-corrected chi connectivity index (χ1v) is 11.9. The van der Waals surface area contributed by atoms with Gasteiger partial charge in [0.1, 0.15) is 4.88 Å². The van der Waals surface area contributed by atoms with Gasteiger partial charge >= 0.3 is 5.97 Å². The summed E-state index contributed by atoms with van der Waals surface area (Å²) in [6.07, 6.45) is 7.42. The van der Waals surface area contributed by atoms with E-state index < -0.39 is 5.97 Å². The number of benzene rings is 1. The minimum absolute atomic E-state index is 0.0383. The third-order valence-corrected chi connectivity index (χ3v) is 7.85. The van der Waals surface area contributed by atoms with Crippen molar-refractivity contribution in [1.29, 1.82) is 0 Å². The number of aliphatic hydroxyl groups is 1. The van der Waals surface area contributed by atoms with Gasteiger partial charge in [-0.25, -0.2) is 4.79 Å². The number of carboxylic acid groups (broad SMARTS) is 1. The fourth-order valence-electron chi connectivity index (χ4n) is 4.62. The maximum atomic E-state index is 11.0. The van der Waals surface area contributed by atoms with Crippen molar-refractivity contribution in [3.63, 3.8) is 0 Å². The predicted octanol–water partition coefficient (Wildman–Crippen LogP) is 5.96. The van der Waals surface area contributed by atoms with Gasteiger partial charge in [0, 0.05) is 10.3 Å². The molecule has 2 N–H and O–H groups in total. The number of aryl methyl sites for hydroxylation is 3. The highest BCUT2D eigenvalue weighted by Gasteiger charge is 2.40. The second kappa shape index (κ2) is 10.6. The van der Waals surface area contributed by atoms with Crippen LogP contribution in [0, 0.1) is 11.8 Å². The molecule has 1 aromatic heterocycles. The lowest BCUT2D eigenvalue weighted by atomic mass is 9.85. The number of hydrogen-bond acceptors (Lipinski definition) is 3. The van der Waals surface area contributed by atoms with Gasteiger partial charge in [-0.3, -0.25) is 0 Å². The summed E-state index contributed by atoms with van der Waals surface area (Å²) >= 11 is 7.95. The predicted molar refractivity (Wildman–Crippen MR) is 120 cm³/mol. The van der Waals surface area contributed by atoms with Crippen LogP contribution < -0.4 is 0 Å². The number of aliphatic hydroxyl groups excluding tert-OH is 1. The van der Waals surface area contributed by atoms with Gasteiger partial charge < -0.3 is 10.2 Å². The van der Waals surface area contributed by atoms with Gasteiger partial charge in [-0.1, -0.05) is 31.2 Å². The number of alkyl halides is 1. The Labute approximate surface area is 182 Å². The van der Waals surface area contributed by atoms with Crippen LogP contribution in [0.25, 0.3) is 0 Å². The van der Waals surface area contributed by atoms with Crippen LogP contribution in [0.15, 0.2) is 36.4 Å². The van der Waals surface area contributed by atoms with Crippen molar-refractivity contribution in [2.75, 3.05) is 0 Å². The summed E-state index contributed by atoms with van der Waals surface area (Å²) in [4.78, 5) is 12.5. The Balaban J connectivity index is 1.49. The zero-order valence-corrected chi connectivity index (χ0v) is 18.6. The number of carboxylic acids is 1.